The van der Waals surface area contributed by atoms with Gasteiger partial charge >= 0.3 is 0 Å². The first-order valence-electron chi connectivity index (χ1n) is 7.86. The van der Waals surface area contributed by atoms with Crippen LogP contribution in [0.2, 0.25) is 0 Å². The molecule has 0 aromatic heterocycles. The van der Waals surface area contributed by atoms with Crippen molar-refractivity contribution in [2.45, 2.75) is 71.3 Å². The molecule has 2 heteroatoms. The fourth-order valence-corrected chi connectivity index (χ4v) is 3.88. The second kappa shape index (κ2) is 6.18. The quantitative estimate of drug-likeness (QED) is 0.672. The number of hydrogen-bond acceptors (Lipinski definition) is 2. The molecule has 0 atom stereocenters. The molecule has 0 aromatic rings. The highest BCUT2D eigenvalue weighted by molar-refractivity contribution is 5.60. The van der Waals surface area contributed by atoms with E-state index >= 15 is 0 Å². The third-order valence-electron chi connectivity index (χ3n) is 4.81. The molecule has 0 bridgehead atoms. The van der Waals surface area contributed by atoms with E-state index in [1.165, 1.54) is 51.4 Å². The first-order valence-corrected chi connectivity index (χ1v) is 7.86. The second-order valence-corrected chi connectivity index (χ2v) is 6.95. The average Bonchev–Trinajstić information content (AvgIpc) is 2.99. The van der Waals surface area contributed by atoms with Gasteiger partial charge in [0.1, 0.15) is 6.29 Å². The number of carbonyl (C=O) groups excluding carboxylic acids is 1. The Hall–Kier alpha value is -0.370. The zero-order chi connectivity index (χ0) is 13.0. The van der Waals surface area contributed by atoms with E-state index in [0.717, 1.165) is 25.4 Å². The van der Waals surface area contributed by atoms with Gasteiger partial charge in [-0.3, -0.25) is 4.90 Å². The van der Waals surface area contributed by atoms with Gasteiger partial charge in [-0.1, -0.05) is 39.5 Å². The summed E-state index contributed by atoms with van der Waals surface area (Å²) >= 11 is 0. The Labute approximate surface area is 112 Å². The van der Waals surface area contributed by atoms with Crippen molar-refractivity contribution >= 4 is 6.29 Å². The maximum atomic E-state index is 11.5. The topological polar surface area (TPSA) is 20.3 Å². The molecule has 2 saturated carbocycles. The Morgan fingerprint density at radius 2 is 1.78 bits per heavy atom. The number of nitrogens with zero attached hydrogens (tertiary/aromatic N) is 1. The lowest BCUT2D eigenvalue weighted by atomic mass is 9.86. The van der Waals surface area contributed by atoms with Gasteiger partial charge in [-0.05, 0) is 31.6 Å². The lowest BCUT2D eigenvalue weighted by molar-refractivity contribution is -0.117. The van der Waals surface area contributed by atoms with Crippen LogP contribution in [-0.4, -0.2) is 30.3 Å². The normalized spacial score (nSPS) is 24.2. The number of rotatable bonds is 6. The van der Waals surface area contributed by atoms with Crippen molar-refractivity contribution in [3.05, 3.63) is 0 Å². The van der Waals surface area contributed by atoms with Crippen molar-refractivity contribution in [1.82, 2.24) is 4.90 Å². The van der Waals surface area contributed by atoms with Crippen LogP contribution in [0.15, 0.2) is 0 Å². The smallest absolute Gasteiger partial charge is 0.127 e. The summed E-state index contributed by atoms with van der Waals surface area (Å²) in [6.45, 7) is 6.79. The Morgan fingerprint density at radius 3 is 2.28 bits per heavy atom. The predicted octanol–water partition coefficient (Wildman–Crippen LogP) is 3.65. The molecular formula is C16H29NO. The van der Waals surface area contributed by atoms with Crippen LogP contribution >= 0.6 is 0 Å². The van der Waals surface area contributed by atoms with Crippen LogP contribution in [0.1, 0.15) is 65.2 Å². The van der Waals surface area contributed by atoms with Gasteiger partial charge in [0.05, 0.1) is 0 Å². The van der Waals surface area contributed by atoms with Crippen LogP contribution in [0.25, 0.3) is 0 Å². The zero-order valence-electron chi connectivity index (χ0n) is 12.2. The van der Waals surface area contributed by atoms with Gasteiger partial charge in [-0.15, -0.1) is 0 Å². The minimum Gasteiger partial charge on any atom is -0.303 e. The van der Waals surface area contributed by atoms with Gasteiger partial charge in [-0.2, -0.15) is 0 Å². The molecule has 0 spiro atoms. The van der Waals surface area contributed by atoms with Gasteiger partial charge in [0, 0.05) is 24.5 Å². The molecule has 2 aliphatic rings. The fourth-order valence-electron chi connectivity index (χ4n) is 3.88. The van der Waals surface area contributed by atoms with Crippen molar-refractivity contribution in [3.8, 4) is 0 Å². The molecule has 0 unspecified atom stereocenters. The summed E-state index contributed by atoms with van der Waals surface area (Å²) < 4.78 is 0. The summed E-state index contributed by atoms with van der Waals surface area (Å²) in [6, 6.07) is 0.754. The molecule has 0 N–H and O–H groups in total. The predicted molar refractivity (Wildman–Crippen MR) is 75.6 cm³/mol. The molecule has 18 heavy (non-hydrogen) atoms. The lowest BCUT2D eigenvalue weighted by Gasteiger charge is -2.36. The Kier molecular flexibility index (Phi) is 4.83. The largest absolute Gasteiger partial charge is 0.303 e. The molecule has 0 aromatic carbocycles. The van der Waals surface area contributed by atoms with Crippen LogP contribution in [0.3, 0.4) is 0 Å². The number of aldehydes is 1. The van der Waals surface area contributed by atoms with Gasteiger partial charge in [0.25, 0.3) is 0 Å². The minimum atomic E-state index is -0.00250. The van der Waals surface area contributed by atoms with Crippen molar-refractivity contribution in [2.24, 2.45) is 11.3 Å². The molecule has 2 fully saturated rings. The Bertz CT molecular complexity index is 262. The molecular weight excluding hydrogens is 222 g/mol. The van der Waals surface area contributed by atoms with E-state index < -0.39 is 0 Å². The molecule has 0 heterocycles. The maximum absolute atomic E-state index is 11.5. The first-order chi connectivity index (χ1) is 8.65. The van der Waals surface area contributed by atoms with E-state index in [9.17, 15) is 4.79 Å². The molecule has 0 aliphatic heterocycles. The number of hydrogen-bond donors (Lipinski definition) is 0. The van der Waals surface area contributed by atoms with Gasteiger partial charge in [0.15, 0.2) is 0 Å². The van der Waals surface area contributed by atoms with Crippen molar-refractivity contribution in [3.63, 3.8) is 0 Å². The maximum Gasteiger partial charge on any atom is 0.127 e. The lowest BCUT2D eigenvalue weighted by Crippen LogP contribution is -2.44. The summed E-state index contributed by atoms with van der Waals surface area (Å²) in [6.07, 6.45) is 11.5. The van der Waals surface area contributed by atoms with Crippen LogP contribution in [0.5, 0.6) is 0 Å². The van der Waals surface area contributed by atoms with Gasteiger partial charge in [0.2, 0.25) is 0 Å². The third-order valence-corrected chi connectivity index (χ3v) is 4.81. The van der Waals surface area contributed by atoms with E-state index in [2.05, 4.69) is 18.7 Å². The molecule has 0 radical (unpaired) electrons. The van der Waals surface area contributed by atoms with Crippen LogP contribution in [-0.2, 0) is 4.79 Å². The van der Waals surface area contributed by atoms with Crippen LogP contribution in [0.4, 0.5) is 0 Å². The van der Waals surface area contributed by atoms with Gasteiger partial charge < -0.3 is 4.79 Å². The monoisotopic (exact) mass is 251 g/mol. The van der Waals surface area contributed by atoms with E-state index in [1.807, 2.05) is 0 Å². The molecule has 0 saturated heterocycles. The van der Waals surface area contributed by atoms with Crippen molar-refractivity contribution in [2.75, 3.05) is 13.1 Å². The van der Waals surface area contributed by atoms with Crippen LogP contribution in [0, 0.1) is 11.3 Å². The molecule has 104 valence electrons. The number of carbonyl (C=O) groups is 1. The standard InChI is InChI=1S/C16H29NO/c1-14(2)11-17(15-7-3-4-8-15)12-16(13-18)9-5-6-10-16/h13-15H,3-12H2,1-2H3. The SMILES string of the molecule is CC(C)CN(CC1(C=O)CCCC1)C1CCCC1. The Morgan fingerprint density at radius 1 is 1.17 bits per heavy atom. The molecule has 2 aliphatic carbocycles. The summed E-state index contributed by atoms with van der Waals surface area (Å²) in [5.41, 5.74) is -0.00250. The van der Waals surface area contributed by atoms with Gasteiger partial charge in [-0.25, -0.2) is 0 Å². The summed E-state index contributed by atoms with van der Waals surface area (Å²) in [4.78, 5) is 14.2. The fraction of sp³-hybridized carbons (Fsp3) is 0.938. The molecule has 2 rings (SSSR count). The zero-order valence-corrected chi connectivity index (χ0v) is 12.2. The molecule has 0 amide bonds. The average molecular weight is 251 g/mol. The highest BCUT2D eigenvalue weighted by Crippen LogP contribution is 2.38. The van der Waals surface area contributed by atoms with Crippen molar-refractivity contribution < 1.29 is 4.79 Å². The van der Waals surface area contributed by atoms with Crippen molar-refractivity contribution in [1.29, 1.82) is 0 Å². The van der Waals surface area contributed by atoms with E-state index in [1.54, 1.807) is 0 Å². The van der Waals surface area contributed by atoms with Crippen LogP contribution < -0.4 is 0 Å². The van der Waals surface area contributed by atoms with E-state index in [0.29, 0.717) is 5.92 Å². The Balaban J connectivity index is 2.00. The second-order valence-electron chi connectivity index (χ2n) is 6.95. The molecule has 2 nitrogen and oxygen atoms in total. The van der Waals surface area contributed by atoms with E-state index in [-0.39, 0.29) is 5.41 Å². The highest BCUT2D eigenvalue weighted by Gasteiger charge is 2.37. The van der Waals surface area contributed by atoms with E-state index in [4.69, 9.17) is 0 Å². The summed E-state index contributed by atoms with van der Waals surface area (Å²) in [7, 11) is 0. The summed E-state index contributed by atoms with van der Waals surface area (Å²) in [5, 5.41) is 0. The highest BCUT2D eigenvalue weighted by atomic mass is 16.1. The summed E-state index contributed by atoms with van der Waals surface area (Å²) in [5.74, 6) is 0.704. The minimum absolute atomic E-state index is 0.00250. The third kappa shape index (κ3) is 3.34. The first kappa shape index (κ1) is 14.0.